The van der Waals surface area contributed by atoms with Gasteiger partial charge in [0.15, 0.2) is 17.5 Å². The highest BCUT2D eigenvalue weighted by atomic mass is 19.1. The number of H-pyrrole nitrogens is 1. The Morgan fingerprint density at radius 3 is 2.46 bits per heavy atom. The first-order valence-corrected chi connectivity index (χ1v) is 7.83. The zero-order valence-electron chi connectivity index (χ0n) is 13.6. The third kappa shape index (κ3) is 2.55. The van der Waals surface area contributed by atoms with Gasteiger partial charge in [-0.3, -0.25) is 0 Å². The second kappa shape index (κ2) is 5.96. The van der Waals surface area contributed by atoms with Gasteiger partial charge < -0.3 is 17.2 Å². The number of nitrogens with zero attached hydrogens (tertiary/aromatic N) is 4. The molecule has 4 rings (SSSR count). The number of nitrogen functional groups attached to an aromatic ring is 3. The molecule has 0 atom stereocenters. The number of pyridine rings is 1. The van der Waals surface area contributed by atoms with Gasteiger partial charge in [-0.05, 0) is 23.2 Å². The van der Waals surface area contributed by atoms with Crippen molar-refractivity contribution in [1.82, 2.24) is 20.1 Å². The quantitative estimate of drug-likeness (QED) is 0.410. The molecule has 3 aromatic heterocycles. The van der Waals surface area contributed by atoms with Crippen LogP contribution in [0.15, 0.2) is 42.6 Å². The summed E-state index contributed by atoms with van der Waals surface area (Å²) in [6, 6.07) is 10.2. The van der Waals surface area contributed by atoms with Gasteiger partial charge in [0, 0.05) is 5.56 Å². The van der Waals surface area contributed by atoms with Crippen LogP contribution in [0.2, 0.25) is 0 Å². The van der Waals surface area contributed by atoms with E-state index in [0.29, 0.717) is 22.7 Å². The number of rotatable bonds is 3. The van der Waals surface area contributed by atoms with Crippen molar-refractivity contribution in [3.63, 3.8) is 0 Å². The standard InChI is InChI=1S/C17H15FN8/c18-11-6-2-1-4-9(11)8-26-17-10(5-3-7-22-17)13(25-26)16-23-14(20)12(19)15(21)24-16/h1-7H,8H2,(H6,19,20,21,23,24,25)/p+1. The highest BCUT2D eigenvalue weighted by Crippen LogP contribution is 2.26. The predicted molar refractivity (Wildman–Crippen MR) is 96.1 cm³/mol. The van der Waals surface area contributed by atoms with Crippen LogP contribution in [0.4, 0.5) is 21.7 Å². The van der Waals surface area contributed by atoms with Crippen LogP contribution in [0.1, 0.15) is 5.56 Å². The van der Waals surface area contributed by atoms with Crippen LogP contribution < -0.4 is 21.9 Å². The number of fused-ring (bicyclic) bond motifs is 1. The summed E-state index contributed by atoms with van der Waals surface area (Å²) >= 11 is 0. The average Bonchev–Trinajstić information content (AvgIpc) is 3.00. The molecular formula is C17H16FN8+. The Labute approximate surface area is 147 Å². The van der Waals surface area contributed by atoms with Gasteiger partial charge in [-0.2, -0.15) is 0 Å². The Balaban J connectivity index is 1.89. The van der Waals surface area contributed by atoms with Crippen LogP contribution in [0.5, 0.6) is 0 Å². The summed E-state index contributed by atoms with van der Waals surface area (Å²) in [5.74, 6) is 0.191. The molecule has 1 aromatic carbocycles. The number of benzene rings is 1. The van der Waals surface area contributed by atoms with Crippen molar-refractivity contribution in [2.24, 2.45) is 0 Å². The van der Waals surface area contributed by atoms with E-state index in [1.807, 2.05) is 6.07 Å². The van der Waals surface area contributed by atoms with Crippen LogP contribution in [-0.2, 0) is 6.54 Å². The summed E-state index contributed by atoms with van der Waals surface area (Å²) in [4.78, 5) is 12.8. The van der Waals surface area contributed by atoms with E-state index < -0.39 is 0 Å². The maximum absolute atomic E-state index is 14.0. The largest absolute Gasteiger partial charge is 0.393 e. The molecule has 0 saturated carbocycles. The first-order chi connectivity index (χ1) is 12.5. The molecule has 0 unspecified atom stereocenters. The van der Waals surface area contributed by atoms with Gasteiger partial charge in [0.1, 0.15) is 35.3 Å². The number of hydrogen-bond donors (Lipinski definition) is 4. The second-order valence-corrected chi connectivity index (χ2v) is 5.77. The molecule has 9 heteroatoms. The van der Waals surface area contributed by atoms with E-state index in [2.05, 4.69) is 20.1 Å². The Hall–Kier alpha value is -3.75. The van der Waals surface area contributed by atoms with Crippen molar-refractivity contribution in [2.45, 2.75) is 6.54 Å². The Kier molecular flexibility index (Phi) is 3.61. The molecule has 26 heavy (non-hydrogen) atoms. The SMILES string of the molecule is Nc1nc(-c2[nH][n+](Cc3ccccc3F)c3ncccc23)nc(N)c1N. The van der Waals surface area contributed by atoms with Crippen molar-refractivity contribution in [3.05, 3.63) is 54.0 Å². The van der Waals surface area contributed by atoms with Crippen LogP contribution in [-0.4, -0.2) is 20.1 Å². The van der Waals surface area contributed by atoms with Gasteiger partial charge in [0.05, 0.1) is 0 Å². The van der Waals surface area contributed by atoms with Crippen molar-refractivity contribution >= 4 is 28.4 Å². The minimum Gasteiger partial charge on any atom is -0.393 e. The fourth-order valence-corrected chi connectivity index (χ4v) is 2.75. The highest BCUT2D eigenvalue weighted by molar-refractivity contribution is 5.87. The molecule has 7 N–H and O–H groups in total. The first kappa shape index (κ1) is 15.8. The smallest absolute Gasteiger partial charge is 0.351 e. The minimum absolute atomic E-state index is 0.0970. The lowest BCUT2D eigenvalue weighted by Gasteiger charge is -2.04. The lowest BCUT2D eigenvalue weighted by atomic mass is 10.2. The zero-order chi connectivity index (χ0) is 18.3. The fraction of sp³-hybridized carbons (Fsp3) is 0.0588. The van der Waals surface area contributed by atoms with E-state index in [0.717, 1.165) is 5.39 Å². The van der Waals surface area contributed by atoms with E-state index in [4.69, 9.17) is 17.2 Å². The van der Waals surface area contributed by atoms with Crippen molar-refractivity contribution < 1.29 is 9.07 Å². The number of aromatic nitrogens is 5. The van der Waals surface area contributed by atoms with E-state index in [1.165, 1.54) is 6.07 Å². The number of nitrogens with two attached hydrogens (primary N) is 3. The summed E-state index contributed by atoms with van der Waals surface area (Å²) in [5.41, 5.74) is 19.2. The van der Waals surface area contributed by atoms with Crippen LogP contribution in [0, 0.1) is 5.82 Å². The molecule has 3 heterocycles. The summed E-state index contributed by atoms with van der Waals surface area (Å²) in [7, 11) is 0. The average molecular weight is 351 g/mol. The summed E-state index contributed by atoms with van der Waals surface area (Å²) in [6.45, 7) is 0.264. The Morgan fingerprint density at radius 1 is 1.00 bits per heavy atom. The number of aromatic amines is 1. The maximum atomic E-state index is 14.0. The normalized spacial score (nSPS) is 11.1. The Morgan fingerprint density at radius 2 is 1.73 bits per heavy atom. The van der Waals surface area contributed by atoms with Crippen LogP contribution in [0.25, 0.3) is 22.6 Å². The molecule has 0 bridgehead atoms. The number of halogens is 1. The van der Waals surface area contributed by atoms with Gasteiger partial charge >= 0.3 is 5.65 Å². The third-order valence-electron chi connectivity index (χ3n) is 4.07. The molecule has 4 aromatic rings. The van der Waals surface area contributed by atoms with Crippen molar-refractivity contribution in [3.8, 4) is 11.5 Å². The fourth-order valence-electron chi connectivity index (χ4n) is 2.75. The molecule has 8 nitrogen and oxygen atoms in total. The molecule has 130 valence electrons. The molecule has 0 fully saturated rings. The number of nitrogens with one attached hydrogen (secondary N) is 1. The van der Waals surface area contributed by atoms with E-state index >= 15 is 0 Å². The van der Waals surface area contributed by atoms with Crippen molar-refractivity contribution in [1.29, 1.82) is 0 Å². The monoisotopic (exact) mass is 351 g/mol. The summed E-state index contributed by atoms with van der Waals surface area (Å²) in [6.07, 6.45) is 1.66. The highest BCUT2D eigenvalue weighted by Gasteiger charge is 2.22. The van der Waals surface area contributed by atoms with E-state index in [9.17, 15) is 4.39 Å². The van der Waals surface area contributed by atoms with Crippen LogP contribution >= 0.6 is 0 Å². The Bertz CT molecular complexity index is 1100. The van der Waals surface area contributed by atoms with Crippen LogP contribution in [0.3, 0.4) is 0 Å². The van der Waals surface area contributed by atoms with Gasteiger partial charge in [-0.1, -0.05) is 18.2 Å². The molecular weight excluding hydrogens is 335 g/mol. The molecule has 0 saturated heterocycles. The minimum atomic E-state index is -0.294. The molecule has 0 radical (unpaired) electrons. The van der Waals surface area contributed by atoms with E-state index in [-0.39, 0.29) is 29.7 Å². The summed E-state index contributed by atoms with van der Waals surface area (Å²) in [5, 5.41) is 3.92. The molecule has 0 aliphatic heterocycles. The summed E-state index contributed by atoms with van der Waals surface area (Å²) < 4.78 is 15.8. The molecule has 0 aliphatic carbocycles. The molecule has 0 spiro atoms. The van der Waals surface area contributed by atoms with Gasteiger partial charge in [-0.25, -0.2) is 19.5 Å². The molecule has 0 amide bonds. The van der Waals surface area contributed by atoms with E-state index in [1.54, 1.807) is 35.1 Å². The third-order valence-corrected chi connectivity index (χ3v) is 4.07. The number of hydrogen-bond acceptors (Lipinski definition) is 6. The predicted octanol–water partition coefficient (Wildman–Crippen LogP) is 1.24. The van der Waals surface area contributed by atoms with Crippen molar-refractivity contribution in [2.75, 3.05) is 17.2 Å². The second-order valence-electron chi connectivity index (χ2n) is 5.77. The first-order valence-electron chi connectivity index (χ1n) is 7.83. The lowest BCUT2D eigenvalue weighted by Crippen LogP contribution is -2.37. The zero-order valence-corrected chi connectivity index (χ0v) is 13.6. The van der Waals surface area contributed by atoms with Gasteiger partial charge in [-0.15, -0.1) is 4.68 Å². The maximum Gasteiger partial charge on any atom is 0.351 e. The van der Waals surface area contributed by atoms with Gasteiger partial charge in [0.25, 0.3) is 0 Å². The molecule has 0 aliphatic rings. The number of anilines is 3. The van der Waals surface area contributed by atoms with Gasteiger partial charge in [0.2, 0.25) is 0 Å². The lowest BCUT2D eigenvalue weighted by molar-refractivity contribution is -0.719. The topological polar surface area (TPSA) is 136 Å².